The first kappa shape index (κ1) is 21.0. The second-order valence-corrected chi connectivity index (χ2v) is 5.74. The van der Waals surface area contributed by atoms with Crippen molar-refractivity contribution in [3.8, 4) is 11.5 Å². The molecule has 0 aliphatic rings. The topological polar surface area (TPSA) is 98.7 Å². The van der Waals surface area contributed by atoms with Gasteiger partial charge in [0.1, 0.15) is 11.5 Å². The summed E-state index contributed by atoms with van der Waals surface area (Å²) in [5, 5.41) is 23.3. The van der Waals surface area contributed by atoms with Crippen LogP contribution in [0.1, 0.15) is 24.5 Å². The van der Waals surface area contributed by atoms with Gasteiger partial charge in [0.05, 0.1) is 0 Å². The highest BCUT2D eigenvalue weighted by atomic mass is 16.3. The molecule has 0 bridgehead atoms. The van der Waals surface area contributed by atoms with Gasteiger partial charge in [0, 0.05) is 26.9 Å². The highest BCUT2D eigenvalue weighted by molar-refractivity contribution is 5.75. The van der Waals surface area contributed by atoms with Crippen molar-refractivity contribution in [3.05, 3.63) is 59.7 Å². The van der Waals surface area contributed by atoms with E-state index in [0.717, 1.165) is 17.5 Å². The quantitative estimate of drug-likeness (QED) is 0.636. The third-order valence-electron chi connectivity index (χ3n) is 3.58. The van der Waals surface area contributed by atoms with Crippen LogP contribution in [-0.4, -0.2) is 35.6 Å². The zero-order valence-electron chi connectivity index (χ0n) is 15.2. The molecule has 0 radical (unpaired) electrons. The Morgan fingerprint density at radius 2 is 1.31 bits per heavy atom. The van der Waals surface area contributed by atoms with Crippen LogP contribution in [0.5, 0.6) is 11.5 Å². The van der Waals surface area contributed by atoms with Gasteiger partial charge in [0.15, 0.2) is 0 Å². The third-order valence-corrected chi connectivity index (χ3v) is 3.58. The number of nitrogens with one attached hydrogen (secondary N) is 2. The molecule has 0 aromatic heterocycles. The summed E-state index contributed by atoms with van der Waals surface area (Å²) < 4.78 is 0. The Morgan fingerprint density at radius 1 is 0.846 bits per heavy atom. The van der Waals surface area contributed by atoms with Crippen molar-refractivity contribution in [2.75, 3.05) is 13.6 Å². The number of amides is 2. The Bertz CT molecular complexity index is 682. The lowest BCUT2D eigenvalue weighted by atomic mass is 10.1. The van der Waals surface area contributed by atoms with Crippen molar-refractivity contribution < 1.29 is 19.8 Å². The van der Waals surface area contributed by atoms with Gasteiger partial charge in [-0.05, 0) is 48.2 Å². The van der Waals surface area contributed by atoms with Gasteiger partial charge >= 0.3 is 0 Å². The molecule has 2 aromatic carbocycles. The van der Waals surface area contributed by atoms with E-state index in [-0.39, 0.29) is 23.3 Å². The van der Waals surface area contributed by atoms with Crippen LogP contribution in [0.4, 0.5) is 0 Å². The molecule has 0 atom stereocenters. The maximum absolute atomic E-state index is 10.9. The maximum atomic E-state index is 10.9. The van der Waals surface area contributed by atoms with E-state index in [1.165, 1.54) is 6.92 Å². The fraction of sp³-hybridized carbons (Fsp3) is 0.300. The molecule has 0 unspecified atom stereocenters. The summed E-state index contributed by atoms with van der Waals surface area (Å²) in [6, 6.07) is 13.9. The van der Waals surface area contributed by atoms with Crippen LogP contribution in [0.3, 0.4) is 0 Å². The predicted octanol–water partition coefficient (Wildman–Crippen LogP) is 2.14. The average Bonchev–Trinajstić information content (AvgIpc) is 2.63. The Labute approximate surface area is 153 Å². The molecule has 4 N–H and O–H groups in total. The van der Waals surface area contributed by atoms with Gasteiger partial charge in [-0.3, -0.25) is 9.59 Å². The van der Waals surface area contributed by atoms with Gasteiger partial charge in [-0.25, -0.2) is 0 Å². The largest absolute Gasteiger partial charge is 0.508 e. The van der Waals surface area contributed by atoms with Crippen molar-refractivity contribution in [2.24, 2.45) is 0 Å². The van der Waals surface area contributed by atoms with Crippen molar-refractivity contribution >= 4 is 11.8 Å². The predicted molar refractivity (Wildman–Crippen MR) is 101 cm³/mol. The molecule has 0 heterocycles. The van der Waals surface area contributed by atoms with Gasteiger partial charge in [0.2, 0.25) is 11.8 Å². The van der Waals surface area contributed by atoms with Gasteiger partial charge < -0.3 is 20.8 Å². The highest BCUT2D eigenvalue weighted by Gasteiger charge is 1.99. The smallest absolute Gasteiger partial charge is 0.220 e. The van der Waals surface area contributed by atoms with Crippen LogP contribution in [-0.2, 0) is 22.4 Å². The minimum atomic E-state index is -0.0150. The highest BCUT2D eigenvalue weighted by Crippen LogP contribution is 2.11. The molecule has 26 heavy (non-hydrogen) atoms. The molecule has 2 amide bonds. The maximum Gasteiger partial charge on any atom is 0.220 e. The van der Waals surface area contributed by atoms with Gasteiger partial charge in [-0.1, -0.05) is 24.3 Å². The molecule has 0 spiro atoms. The number of phenols is 2. The molecular formula is C20H26N2O4. The average molecular weight is 358 g/mol. The summed E-state index contributed by atoms with van der Waals surface area (Å²) in [5.74, 6) is 0.541. The Morgan fingerprint density at radius 3 is 1.73 bits per heavy atom. The van der Waals surface area contributed by atoms with E-state index < -0.39 is 0 Å². The number of phenolic OH excluding ortho intramolecular Hbond substituents is 2. The lowest BCUT2D eigenvalue weighted by Crippen LogP contribution is -2.22. The number of hydrogen-bond donors (Lipinski definition) is 4. The van der Waals surface area contributed by atoms with Crippen LogP contribution < -0.4 is 10.6 Å². The summed E-state index contributed by atoms with van der Waals surface area (Å²) in [5.41, 5.74) is 2.16. The molecule has 0 saturated carbocycles. The normalized spacial score (nSPS) is 9.62. The number of rotatable bonds is 6. The Hall–Kier alpha value is -3.02. The molecule has 140 valence electrons. The van der Waals surface area contributed by atoms with Crippen molar-refractivity contribution in [1.29, 1.82) is 0 Å². The van der Waals surface area contributed by atoms with Crippen LogP contribution in [0.25, 0.3) is 0 Å². The minimum Gasteiger partial charge on any atom is -0.508 e. The van der Waals surface area contributed by atoms with E-state index in [2.05, 4.69) is 10.6 Å². The van der Waals surface area contributed by atoms with Crippen molar-refractivity contribution in [3.63, 3.8) is 0 Å². The van der Waals surface area contributed by atoms with Gasteiger partial charge in [-0.2, -0.15) is 0 Å². The summed E-state index contributed by atoms with van der Waals surface area (Å²) in [6.45, 7) is 2.14. The SMILES string of the molecule is CC(=O)NCCc1ccc(O)cc1.CNC(=O)CCc1ccc(O)cc1. The number of aryl methyl sites for hydroxylation is 1. The van der Waals surface area contributed by atoms with E-state index in [9.17, 15) is 9.59 Å². The molecular weight excluding hydrogens is 332 g/mol. The third kappa shape index (κ3) is 9.32. The Kier molecular flexibility index (Phi) is 9.31. The molecule has 6 nitrogen and oxygen atoms in total. The first-order valence-corrected chi connectivity index (χ1v) is 8.41. The molecule has 6 heteroatoms. The Balaban J connectivity index is 0.000000260. The van der Waals surface area contributed by atoms with Gasteiger partial charge in [-0.15, -0.1) is 0 Å². The number of carbonyl (C=O) groups is 2. The fourth-order valence-electron chi connectivity index (χ4n) is 2.09. The zero-order valence-corrected chi connectivity index (χ0v) is 15.2. The van der Waals surface area contributed by atoms with Crippen LogP contribution in [0, 0.1) is 0 Å². The fourth-order valence-corrected chi connectivity index (χ4v) is 2.09. The van der Waals surface area contributed by atoms with Crippen LogP contribution in [0.15, 0.2) is 48.5 Å². The number of aromatic hydroxyl groups is 2. The minimum absolute atomic E-state index is 0.0150. The molecule has 2 rings (SSSR count). The monoisotopic (exact) mass is 358 g/mol. The molecule has 0 saturated heterocycles. The summed E-state index contributed by atoms with van der Waals surface area (Å²) in [4.78, 5) is 21.4. The lowest BCUT2D eigenvalue weighted by molar-refractivity contribution is -0.120. The first-order valence-electron chi connectivity index (χ1n) is 8.41. The van der Waals surface area contributed by atoms with E-state index in [1.807, 2.05) is 24.3 Å². The zero-order chi connectivity index (χ0) is 19.4. The van der Waals surface area contributed by atoms with Crippen LogP contribution >= 0.6 is 0 Å². The first-order chi connectivity index (χ1) is 12.4. The number of benzene rings is 2. The standard InChI is InChI=1S/2C10H13NO2/c1-11-10(13)7-4-8-2-5-9(12)6-3-8;1-8(12)11-7-6-9-2-4-10(13)5-3-9/h2-3,5-6,12H,4,7H2,1H3,(H,11,13);2-5,13H,6-7H2,1H3,(H,11,12). The molecule has 0 aliphatic heterocycles. The van der Waals surface area contributed by atoms with E-state index >= 15 is 0 Å². The van der Waals surface area contributed by atoms with Crippen LogP contribution in [0.2, 0.25) is 0 Å². The van der Waals surface area contributed by atoms with Gasteiger partial charge in [0.25, 0.3) is 0 Å². The van der Waals surface area contributed by atoms with E-state index in [0.29, 0.717) is 19.4 Å². The summed E-state index contributed by atoms with van der Waals surface area (Å²) >= 11 is 0. The molecule has 0 aliphatic carbocycles. The number of carbonyl (C=O) groups excluding carboxylic acids is 2. The van der Waals surface area contributed by atoms with Crippen molar-refractivity contribution in [2.45, 2.75) is 26.2 Å². The lowest BCUT2D eigenvalue weighted by Gasteiger charge is -2.02. The van der Waals surface area contributed by atoms with Crippen molar-refractivity contribution in [1.82, 2.24) is 10.6 Å². The van der Waals surface area contributed by atoms with E-state index in [1.54, 1.807) is 31.3 Å². The van der Waals surface area contributed by atoms with E-state index in [4.69, 9.17) is 10.2 Å². The molecule has 2 aromatic rings. The number of hydrogen-bond acceptors (Lipinski definition) is 4. The molecule has 0 fully saturated rings. The summed E-state index contributed by atoms with van der Waals surface area (Å²) in [7, 11) is 1.62. The second-order valence-electron chi connectivity index (χ2n) is 5.74. The second kappa shape index (κ2) is 11.5. The summed E-state index contributed by atoms with van der Waals surface area (Å²) in [6.07, 6.45) is 1.99.